The Morgan fingerprint density at radius 1 is 0.429 bits per heavy atom. The van der Waals surface area contributed by atoms with E-state index in [1.54, 1.807) is 25.7 Å². The lowest BCUT2D eigenvalue weighted by molar-refractivity contribution is 0.196. The first-order valence-corrected chi connectivity index (χ1v) is 5.97. The molecule has 0 saturated heterocycles. The van der Waals surface area contributed by atoms with Crippen LogP contribution in [0.15, 0.2) is 0 Å². The van der Waals surface area contributed by atoms with Crippen molar-refractivity contribution < 1.29 is 0 Å². The average Bonchev–Trinajstić information content (AvgIpc) is 2.21. The van der Waals surface area contributed by atoms with Crippen molar-refractivity contribution in [2.45, 2.75) is 64.2 Å². The summed E-state index contributed by atoms with van der Waals surface area (Å²) in [6.07, 6.45) is 15.4. The second kappa shape index (κ2) is 7.24. The van der Waals surface area contributed by atoms with Gasteiger partial charge in [-0.3, -0.25) is 0 Å². The van der Waals surface area contributed by atoms with Crippen LogP contribution in [0.5, 0.6) is 0 Å². The lowest BCUT2D eigenvalue weighted by atomic mass is 9.73. The van der Waals surface area contributed by atoms with Crippen molar-refractivity contribution >= 4 is 0 Å². The van der Waals surface area contributed by atoms with E-state index in [2.05, 4.69) is 0 Å². The maximum atomic E-state index is 1.56. The molecule has 2 heteroatoms. The van der Waals surface area contributed by atoms with Crippen LogP contribution in [-0.2, 0) is 0 Å². The van der Waals surface area contributed by atoms with Crippen molar-refractivity contribution in [3.8, 4) is 0 Å². The molecule has 0 aromatic rings. The van der Waals surface area contributed by atoms with Crippen molar-refractivity contribution in [3.05, 3.63) is 0 Å². The van der Waals surface area contributed by atoms with Gasteiger partial charge in [0.05, 0.1) is 0 Å². The molecule has 0 aromatic heterocycles. The third-order valence-electron chi connectivity index (χ3n) is 3.97. The fourth-order valence-electron chi connectivity index (χ4n) is 3.21. The minimum absolute atomic E-state index is 0. The molecule has 2 fully saturated rings. The molecule has 0 amide bonds. The molecule has 2 nitrogen and oxygen atoms in total. The van der Waals surface area contributed by atoms with Crippen LogP contribution in [0.2, 0.25) is 0 Å². The Bertz CT molecular complexity index is 108. The topological polar surface area (TPSA) is 70.0 Å². The monoisotopic (exact) mass is 200 g/mol. The normalized spacial score (nSPS) is 24.9. The van der Waals surface area contributed by atoms with Gasteiger partial charge in [-0.05, 0) is 11.8 Å². The van der Waals surface area contributed by atoms with Gasteiger partial charge in [0.2, 0.25) is 0 Å². The zero-order chi connectivity index (χ0) is 8.23. The van der Waals surface area contributed by atoms with Crippen molar-refractivity contribution in [2.24, 2.45) is 11.8 Å². The first-order valence-electron chi connectivity index (χ1n) is 5.97. The Kier molecular flexibility index (Phi) is 7.20. The largest absolute Gasteiger partial charge is 0.344 e. The zero-order valence-corrected chi connectivity index (χ0v) is 9.64. The second-order valence-corrected chi connectivity index (χ2v) is 4.80. The summed E-state index contributed by atoms with van der Waals surface area (Å²) in [5, 5.41) is 0. The third-order valence-corrected chi connectivity index (χ3v) is 3.97. The molecule has 2 rings (SSSR count). The molecule has 2 aliphatic rings. The molecule has 0 radical (unpaired) electrons. The first kappa shape index (κ1) is 13.9. The molecule has 2 aliphatic carbocycles. The number of rotatable bonds is 1. The van der Waals surface area contributed by atoms with Crippen LogP contribution < -0.4 is 12.3 Å². The van der Waals surface area contributed by atoms with E-state index in [-0.39, 0.29) is 12.3 Å². The summed E-state index contributed by atoms with van der Waals surface area (Å²) in [6.45, 7) is 0. The average molecular weight is 200 g/mol. The summed E-state index contributed by atoms with van der Waals surface area (Å²) in [5.74, 6) is 2.28. The van der Waals surface area contributed by atoms with Gasteiger partial charge in [-0.25, -0.2) is 0 Å². The highest BCUT2D eigenvalue weighted by Crippen LogP contribution is 2.37. The van der Waals surface area contributed by atoms with Gasteiger partial charge in [0.1, 0.15) is 0 Å². The quantitative estimate of drug-likeness (QED) is 0.655. The fourth-order valence-corrected chi connectivity index (χ4v) is 3.21. The molecule has 0 bridgehead atoms. The predicted molar refractivity (Wildman–Crippen MR) is 63.2 cm³/mol. The van der Waals surface area contributed by atoms with Crippen LogP contribution in [0.25, 0.3) is 0 Å². The minimum atomic E-state index is 0. The van der Waals surface area contributed by atoms with E-state index in [4.69, 9.17) is 0 Å². The van der Waals surface area contributed by atoms with Gasteiger partial charge in [0.25, 0.3) is 0 Å². The maximum Gasteiger partial charge on any atom is -0.0386 e. The first-order chi connectivity index (χ1) is 5.97. The number of hydrogen-bond donors (Lipinski definition) is 2. The Morgan fingerprint density at radius 2 is 0.714 bits per heavy atom. The molecule has 14 heavy (non-hydrogen) atoms. The standard InChI is InChI=1S/C12H22.2H3N/c1-3-7-11(8-4-1)12-9-5-2-6-10-12;;/h11-12H,1-10H2;2*1H3. The number of hydrogen-bond acceptors (Lipinski definition) is 2. The van der Waals surface area contributed by atoms with Crippen molar-refractivity contribution in [1.29, 1.82) is 0 Å². The summed E-state index contributed by atoms with van der Waals surface area (Å²) in [6, 6.07) is 0. The van der Waals surface area contributed by atoms with Crippen LogP contribution in [-0.4, -0.2) is 0 Å². The molecule has 2 saturated carbocycles. The summed E-state index contributed by atoms with van der Waals surface area (Å²) < 4.78 is 0. The SMILES string of the molecule is C1CCC(C2CCCCC2)CC1.N.N. The highest BCUT2D eigenvalue weighted by Gasteiger charge is 2.24. The van der Waals surface area contributed by atoms with E-state index in [0.717, 1.165) is 11.8 Å². The fraction of sp³-hybridized carbons (Fsp3) is 1.00. The van der Waals surface area contributed by atoms with Gasteiger partial charge in [0, 0.05) is 0 Å². The highest BCUT2D eigenvalue weighted by atomic mass is 14.3. The van der Waals surface area contributed by atoms with Crippen molar-refractivity contribution in [3.63, 3.8) is 0 Å². The molecule has 0 atom stereocenters. The molecule has 0 heterocycles. The molecule has 6 N–H and O–H groups in total. The second-order valence-electron chi connectivity index (χ2n) is 4.80. The third kappa shape index (κ3) is 3.58. The van der Waals surface area contributed by atoms with Gasteiger partial charge in [0.15, 0.2) is 0 Å². The minimum Gasteiger partial charge on any atom is -0.344 e. The van der Waals surface area contributed by atoms with Crippen molar-refractivity contribution in [1.82, 2.24) is 12.3 Å². The Labute approximate surface area is 89.0 Å². The molecule has 0 aromatic carbocycles. The Hall–Kier alpha value is -0.0800. The van der Waals surface area contributed by atoms with Crippen LogP contribution in [0.1, 0.15) is 64.2 Å². The zero-order valence-electron chi connectivity index (χ0n) is 9.64. The smallest absolute Gasteiger partial charge is 0.0386 e. The van der Waals surface area contributed by atoms with E-state index < -0.39 is 0 Å². The van der Waals surface area contributed by atoms with Crippen LogP contribution in [0.4, 0.5) is 0 Å². The van der Waals surface area contributed by atoms with Gasteiger partial charge in [-0.15, -0.1) is 0 Å². The van der Waals surface area contributed by atoms with Crippen LogP contribution >= 0.6 is 0 Å². The van der Waals surface area contributed by atoms with E-state index in [1.165, 1.54) is 38.5 Å². The molecule has 86 valence electrons. The van der Waals surface area contributed by atoms with E-state index in [0.29, 0.717) is 0 Å². The summed E-state index contributed by atoms with van der Waals surface area (Å²) in [4.78, 5) is 0. The molecular formula is C12H28N2. The molecular weight excluding hydrogens is 172 g/mol. The Balaban J connectivity index is 0.000000845. The van der Waals surface area contributed by atoms with Crippen molar-refractivity contribution in [2.75, 3.05) is 0 Å². The van der Waals surface area contributed by atoms with Gasteiger partial charge in [-0.1, -0.05) is 64.2 Å². The lowest BCUT2D eigenvalue weighted by Crippen LogP contribution is -2.20. The Morgan fingerprint density at radius 3 is 1.00 bits per heavy atom. The van der Waals surface area contributed by atoms with Gasteiger partial charge in [-0.2, -0.15) is 0 Å². The van der Waals surface area contributed by atoms with E-state index in [9.17, 15) is 0 Å². The van der Waals surface area contributed by atoms with Gasteiger partial charge < -0.3 is 12.3 Å². The summed E-state index contributed by atoms with van der Waals surface area (Å²) >= 11 is 0. The van der Waals surface area contributed by atoms with Crippen LogP contribution in [0.3, 0.4) is 0 Å². The molecule has 0 unspecified atom stereocenters. The van der Waals surface area contributed by atoms with E-state index >= 15 is 0 Å². The van der Waals surface area contributed by atoms with Gasteiger partial charge >= 0.3 is 0 Å². The van der Waals surface area contributed by atoms with Crippen LogP contribution in [0, 0.1) is 11.8 Å². The predicted octanol–water partition coefficient (Wildman–Crippen LogP) is 4.47. The molecule has 0 aliphatic heterocycles. The van der Waals surface area contributed by atoms with E-state index in [1.807, 2.05) is 0 Å². The maximum absolute atomic E-state index is 1.56. The molecule has 0 spiro atoms. The summed E-state index contributed by atoms with van der Waals surface area (Å²) in [7, 11) is 0. The summed E-state index contributed by atoms with van der Waals surface area (Å²) in [5.41, 5.74) is 0. The highest BCUT2D eigenvalue weighted by molar-refractivity contribution is 4.76. The lowest BCUT2D eigenvalue weighted by Gasteiger charge is -2.32.